The van der Waals surface area contributed by atoms with Crippen molar-refractivity contribution >= 4 is 11.6 Å². The lowest BCUT2D eigenvalue weighted by molar-refractivity contribution is 0.398. The van der Waals surface area contributed by atoms with Crippen molar-refractivity contribution in [1.82, 2.24) is 15.3 Å². The van der Waals surface area contributed by atoms with E-state index in [2.05, 4.69) is 22.2 Å². The number of aromatic nitrogens is 2. The Bertz CT molecular complexity index is 513. The smallest absolute Gasteiger partial charge is 0.125 e. The first-order valence-corrected chi connectivity index (χ1v) is 6.67. The average Bonchev–Trinajstić information content (AvgIpc) is 2.91. The lowest BCUT2D eigenvalue weighted by Gasteiger charge is -2.20. The van der Waals surface area contributed by atoms with Crippen LogP contribution >= 0.6 is 11.6 Å². The van der Waals surface area contributed by atoms with Gasteiger partial charge in [-0.1, -0.05) is 24.6 Å². The van der Waals surface area contributed by atoms with E-state index < -0.39 is 0 Å². The molecule has 0 aliphatic heterocycles. The van der Waals surface area contributed by atoms with Crippen molar-refractivity contribution in [2.24, 2.45) is 0 Å². The molecule has 102 valence electrons. The molecule has 1 heterocycles. The third-order valence-electron chi connectivity index (χ3n) is 2.97. The first-order valence-electron chi connectivity index (χ1n) is 6.29. The second-order valence-electron chi connectivity index (χ2n) is 4.24. The molecule has 0 fully saturated rings. The molecule has 0 saturated carbocycles. The van der Waals surface area contributed by atoms with Crippen LogP contribution in [0.4, 0.5) is 0 Å². The summed E-state index contributed by atoms with van der Waals surface area (Å²) in [7, 11) is 1.66. The lowest BCUT2D eigenvalue weighted by atomic mass is 10.0. The molecular formula is C14H18ClN3O. The molecule has 0 radical (unpaired) electrons. The van der Waals surface area contributed by atoms with E-state index in [0.29, 0.717) is 5.02 Å². The summed E-state index contributed by atoms with van der Waals surface area (Å²) < 4.78 is 5.42. The summed E-state index contributed by atoms with van der Waals surface area (Å²) in [5.41, 5.74) is 1.09. The van der Waals surface area contributed by atoms with E-state index >= 15 is 0 Å². The molecular weight excluding hydrogens is 262 g/mol. The number of likely N-dealkylation sites (N-methyl/N-ethyl adjacent to an activating group) is 1. The molecule has 4 nitrogen and oxygen atoms in total. The van der Waals surface area contributed by atoms with Crippen molar-refractivity contribution in [1.29, 1.82) is 0 Å². The zero-order valence-corrected chi connectivity index (χ0v) is 11.9. The van der Waals surface area contributed by atoms with Crippen LogP contribution in [0.5, 0.6) is 5.75 Å². The van der Waals surface area contributed by atoms with Crippen LogP contribution in [0.2, 0.25) is 5.02 Å². The number of imidazole rings is 1. The fourth-order valence-electron chi connectivity index (χ4n) is 2.11. The van der Waals surface area contributed by atoms with Crippen molar-refractivity contribution in [2.75, 3.05) is 13.7 Å². The number of hydrogen-bond donors (Lipinski definition) is 2. The van der Waals surface area contributed by atoms with Gasteiger partial charge in [-0.3, -0.25) is 0 Å². The molecule has 1 aromatic heterocycles. The molecule has 0 spiro atoms. The number of nitrogens with zero attached hydrogens (tertiary/aromatic N) is 1. The van der Waals surface area contributed by atoms with Crippen LogP contribution in [0.15, 0.2) is 30.6 Å². The van der Waals surface area contributed by atoms with Gasteiger partial charge in [-0.15, -0.1) is 0 Å². The Morgan fingerprint density at radius 2 is 2.32 bits per heavy atom. The average molecular weight is 280 g/mol. The van der Waals surface area contributed by atoms with Crippen LogP contribution in [0.1, 0.15) is 24.4 Å². The summed E-state index contributed by atoms with van der Waals surface area (Å²) in [5.74, 6) is 1.74. The molecule has 0 aliphatic rings. The predicted octanol–water partition coefficient (Wildman–Crippen LogP) is 2.97. The number of hydrogen-bond acceptors (Lipinski definition) is 3. The Balaban J connectivity index is 2.27. The fraction of sp³-hybridized carbons (Fsp3) is 0.357. The summed E-state index contributed by atoms with van der Waals surface area (Å²) in [4.78, 5) is 7.40. The molecule has 1 atom stereocenters. The number of methoxy groups -OCH3 is 1. The first kappa shape index (κ1) is 13.9. The number of halogens is 1. The summed E-state index contributed by atoms with van der Waals surface area (Å²) in [6.45, 7) is 2.95. The molecule has 1 unspecified atom stereocenters. The SMILES string of the molecule is CCNC(Cc1ncc[nH]1)c1ccc(Cl)cc1OC. The fourth-order valence-corrected chi connectivity index (χ4v) is 2.28. The highest BCUT2D eigenvalue weighted by Gasteiger charge is 2.17. The van der Waals surface area contributed by atoms with Crippen LogP contribution in [0, 0.1) is 0 Å². The summed E-state index contributed by atoms with van der Waals surface area (Å²) in [6, 6.07) is 5.86. The van der Waals surface area contributed by atoms with Crippen LogP contribution in [-0.2, 0) is 6.42 Å². The third-order valence-corrected chi connectivity index (χ3v) is 3.21. The number of aromatic amines is 1. The summed E-state index contributed by atoms with van der Waals surface area (Å²) >= 11 is 6.00. The monoisotopic (exact) mass is 279 g/mol. The highest BCUT2D eigenvalue weighted by molar-refractivity contribution is 6.30. The molecule has 0 saturated heterocycles. The second kappa shape index (κ2) is 6.59. The van der Waals surface area contributed by atoms with Gasteiger partial charge in [0.1, 0.15) is 11.6 Å². The van der Waals surface area contributed by atoms with Gasteiger partial charge in [0.15, 0.2) is 0 Å². The Morgan fingerprint density at radius 3 is 2.95 bits per heavy atom. The predicted molar refractivity (Wildman–Crippen MR) is 76.7 cm³/mol. The molecule has 5 heteroatoms. The highest BCUT2D eigenvalue weighted by Crippen LogP contribution is 2.29. The van der Waals surface area contributed by atoms with E-state index in [1.807, 2.05) is 24.4 Å². The number of H-pyrrole nitrogens is 1. The minimum atomic E-state index is 0.142. The van der Waals surface area contributed by atoms with Crippen molar-refractivity contribution in [3.8, 4) is 5.75 Å². The first-order chi connectivity index (χ1) is 9.24. The number of rotatable bonds is 6. The van der Waals surface area contributed by atoms with E-state index in [4.69, 9.17) is 16.3 Å². The van der Waals surface area contributed by atoms with Crippen LogP contribution < -0.4 is 10.1 Å². The largest absolute Gasteiger partial charge is 0.496 e. The highest BCUT2D eigenvalue weighted by atomic mass is 35.5. The topological polar surface area (TPSA) is 49.9 Å². The minimum Gasteiger partial charge on any atom is -0.496 e. The van der Waals surface area contributed by atoms with Gasteiger partial charge in [-0.05, 0) is 18.7 Å². The maximum atomic E-state index is 6.00. The molecule has 2 rings (SSSR count). The molecule has 19 heavy (non-hydrogen) atoms. The number of nitrogens with one attached hydrogen (secondary N) is 2. The van der Waals surface area contributed by atoms with Gasteiger partial charge in [-0.2, -0.15) is 0 Å². The quantitative estimate of drug-likeness (QED) is 0.855. The molecule has 0 amide bonds. The van der Waals surface area contributed by atoms with E-state index in [1.54, 1.807) is 13.3 Å². The lowest BCUT2D eigenvalue weighted by Crippen LogP contribution is -2.24. The van der Waals surface area contributed by atoms with Crippen molar-refractivity contribution < 1.29 is 4.74 Å². The summed E-state index contributed by atoms with van der Waals surface area (Å²) in [6.07, 6.45) is 4.37. The number of benzene rings is 1. The van der Waals surface area contributed by atoms with Gasteiger partial charge in [0.25, 0.3) is 0 Å². The molecule has 0 bridgehead atoms. The Hall–Kier alpha value is -1.52. The molecule has 2 aromatic rings. The van der Waals surface area contributed by atoms with Gasteiger partial charge in [0.2, 0.25) is 0 Å². The van der Waals surface area contributed by atoms with Gasteiger partial charge in [-0.25, -0.2) is 4.98 Å². The maximum Gasteiger partial charge on any atom is 0.125 e. The molecule has 1 aromatic carbocycles. The van der Waals surface area contributed by atoms with Gasteiger partial charge in [0, 0.05) is 35.4 Å². The van der Waals surface area contributed by atoms with Crippen molar-refractivity contribution in [3.63, 3.8) is 0 Å². The van der Waals surface area contributed by atoms with Gasteiger partial charge < -0.3 is 15.0 Å². The van der Waals surface area contributed by atoms with E-state index in [0.717, 1.165) is 30.1 Å². The van der Waals surface area contributed by atoms with E-state index in [9.17, 15) is 0 Å². The van der Waals surface area contributed by atoms with Crippen LogP contribution in [0.25, 0.3) is 0 Å². The van der Waals surface area contributed by atoms with Crippen LogP contribution in [0.3, 0.4) is 0 Å². The maximum absolute atomic E-state index is 6.00. The Kier molecular flexibility index (Phi) is 4.82. The summed E-state index contributed by atoms with van der Waals surface area (Å²) in [5, 5.41) is 4.12. The van der Waals surface area contributed by atoms with Gasteiger partial charge in [0.05, 0.1) is 7.11 Å². The normalized spacial score (nSPS) is 12.4. The standard InChI is InChI=1S/C14H18ClN3O/c1-3-16-12(9-14-17-6-7-18-14)11-5-4-10(15)8-13(11)19-2/h4-8,12,16H,3,9H2,1-2H3,(H,17,18). The minimum absolute atomic E-state index is 0.142. The molecule has 0 aliphatic carbocycles. The zero-order chi connectivity index (χ0) is 13.7. The van der Waals surface area contributed by atoms with Crippen LogP contribution in [-0.4, -0.2) is 23.6 Å². The Morgan fingerprint density at radius 1 is 1.47 bits per heavy atom. The third kappa shape index (κ3) is 3.49. The zero-order valence-electron chi connectivity index (χ0n) is 11.1. The Labute approximate surface area is 118 Å². The number of ether oxygens (including phenoxy) is 1. The van der Waals surface area contributed by atoms with Gasteiger partial charge >= 0.3 is 0 Å². The van der Waals surface area contributed by atoms with E-state index in [-0.39, 0.29) is 6.04 Å². The van der Waals surface area contributed by atoms with Crippen molar-refractivity contribution in [2.45, 2.75) is 19.4 Å². The molecule has 2 N–H and O–H groups in total. The van der Waals surface area contributed by atoms with Crippen molar-refractivity contribution in [3.05, 3.63) is 47.0 Å². The van der Waals surface area contributed by atoms with E-state index in [1.165, 1.54) is 0 Å². The second-order valence-corrected chi connectivity index (χ2v) is 4.67.